The zero-order valence-electron chi connectivity index (χ0n) is 14.4. The number of rotatable bonds is 7. The van der Waals surface area contributed by atoms with Gasteiger partial charge in [0.05, 0.1) is 0 Å². The second-order valence-electron chi connectivity index (χ2n) is 6.27. The van der Waals surface area contributed by atoms with Crippen molar-refractivity contribution < 1.29 is 19.4 Å². The number of benzene rings is 2. The van der Waals surface area contributed by atoms with Gasteiger partial charge in [-0.05, 0) is 23.5 Å². The van der Waals surface area contributed by atoms with Gasteiger partial charge < -0.3 is 15.2 Å². The Bertz CT molecular complexity index is 646. The van der Waals surface area contributed by atoms with Crippen LogP contribution in [0.1, 0.15) is 37.5 Å². The number of amides is 1. The summed E-state index contributed by atoms with van der Waals surface area (Å²) in [5, 5.41) is 11.7. The molecule has 5 nitrogen and oxygen atoms in total. The Hall–Kier alpha value is -2.82. The third-order valence-corrected chi connectivity index (χ3v) is 3.73. The van der Waals surface area contributed by atoms with E-state index in [0.29, 0.717) is 6.42 Å². The molecule has 0 aromatic heterocycles. The number of carboxylic acid groups (broad SMARTS) is 1. The van der Waals surface area contributed by atoms with Crippen LogP contribution in [-0.2, 0) is 9.53 Å². The molecule has 1 atom stereocenters. The monoisotopic (exact) mass is 341 g/mol. The standard InChI is InChI=1S/C20H23NO4/c1-14(2)13-17(19(22)23)21-20(24)25-18(15-9-5-3-6-10-15)16-11-7-4-8-12-16/h3-12,14,17-18H,13H2,1-2H3,(H,21,24)(H,22,23)/t17-/m0/s1. The third kappa shape index (κ3) is 5.64. The average Bonchev–Trinajstić information content (AvgIpc) is 2.60. The Morgan fingerprint density at radius 1 is 0.960 bits per heavy atom. The fourth-order valence-electron chi connectivity index (χ4n) is 2.56. The van der Waals surface area contributed by atoms with E-state index in [1.807, 2.05) is 74.5 Å². The van der Waals surface area contributed by atoms with E-state index >= 15 is 0 Å². The number of nitrogens with one attached hydrogen (secondary N) is 1. The summed E-state index contributed by atoms with van der Waals surface area (Å²) in [6, 6.07) is 17.7. The Balaban J connectivity index is 2.16. The Labute approximate surface area is 147 Å². The van der Waals surface area contributed by atoms with E-state index in [-0.39, 0.29) is 5.92 Å². The molecule has 0 bridgehead atoms. The van der Waals surface area contributed by atoms with Crippen molar-refractivity contribution >= 4 is 12.1 Å². The average molecular weight is 341 g/mol. The van der Waals surface area contributed by atoms with Gasteiger partial charge in [0.15, 0.2) is 6.10 Å². The summed E-state index contributed by atoms with van der Waals surface area (Å²) < 4.78 is 5.57. The number of hydrogen-bond acceptors (Lipinski definition) is 3. The number of carbonyl (C=O) groups is 2. The highest BCUT2D eigenvalue weighted by atomic mass is 16.6. The van der Waals surface area contributed by atoms with Crippen LogP contribution in [0.3, 0.4) is 0 Å². The van der Waals surface area contributed by atoms with Crippen LogP contribution in [0.5, 0.6) is 0 Å². The van der Waals surface area contributed by atoms with Crippen LogP contribution >= 0.6 is 0 Å². The molecular weight excluding hydrogens is 318 g/mol. The summed E-state index contributed by atoms with van der Waals surface area (Å²) in [5.74, 6) is -0.929. The number of carboxylic acids is 1. The van der Waals surface area contributed by atoms with Crippen molar-refractivity contribution in [1.29, 1.82) is 0 Å². The maximum Gasteiger partial charge on any atom is 0.408 e. The molecule has 5 heteroatoms. The molecule has 0 unspecified atom stereocenters. The van der Waals surface area contributed by atoms with E-state index in [1.165, 1.54) is 0 Å². The molecular formula is C20H23NO4. The van der Waals surface area contributed by atoms with E-state index in [1.54, 1.807) is 0 Å². The summed E-state index contributed by atoms with van der Waals surface area (Å²) in [6.45, 7) is 3.80. The molecule has 0 fully saturated rings. The normalized spacial score (nSPS) is 12.0. The second-order valence-corrected chi connectivity index (χ2v) is 6.27. The SMILES string of the molecule is CC(C)C[C@H](NC(=O)OC(c1ccccc1)c1ccccc1)C(=O)O. The summed E-state index contributed by atoms with van der Waals surface area (Å²) in [5.41, 5.74) is 1.64. The van der Waals surface area contributed by atoms with E-state index in [4.69, 9.17) is 4.74 Å². The van der Waals surface area contributed by atoms with Crippen LogP contribution in [0.2, 0.25) is 0 Å². The minimum Gasteiger partial charge on any atom is -0.480 e. The van der Waals surface area contributed by atoms with Gasteiger partial charge in [0.25, 0.3) is 0 Å². The minimum absolute atomic E-state index is 0.139. The van der Waals surface area contributed by atoms with Crippen molar-refractivity contribution in [3.05, 3.63) is 71.8 Å². The second kappa shape index (κ2) is 8.87. The highest BCUT2D eigenvalue weighted by Gasteiger charge is 2.25. The van der Waals surface area contributed by atoms with Gasteiger partial charge in [-0.3, -0.25) is 0 Å². The molecule has 2 rings (SSSR count). The van der Waals surface area contributed by atoms with E-state index in [2.05, 4.69) is 5.32 Å². The van der Waals surface area contributed by atoms with Gasteiger partial charge in [0.1, 0.15) is 6.04 Å². The van der Waals surface area contributed by atoms with Crippen LogP contribution in [0.4, 0.5) is 4.79 Å². The molecule has 25 heavy (non-hydrogen) atoms. The first-order valence-electron chi connectivity index (χ1n) is 8.27. The molecule has 0 saturated carbocycles. The molecule has 0 aliphatic carbocycles. The predicted molar refractivity (Wildman–Crippen MR) is 95.2 cm³/mol. The van der Waals surface area contributed by atoms with Crippen LogP contribution in [0, 0.1) is 5.92 Å². The lowest BCUT2D eigenvalue weighted by Crippen LogP contribution is -2.42. The lowest BCUT2D eigenvalue weighted by Gasteiger charge is -2.21. The predicted octanol–water partition coefficient (Wildman–Crippen LogP) is 4.00. The van der Waals surface area contributed by atoms with E-state index in [0.717, 1.165) is 11.1 Å². The van der Waals surface area contributed by atoms with Gasteiger partial charge in [0.2, 0.25) is 0 Å². The molecule has 0 saturated heterocycles. The van der Waals surface area contributed by atoms with Crippen molar-refractivity contribution in [3.63, 3.8) is 0 Å². The van der Waals surface area contributed by atoms with Crippen molar-refractivity contribution in [2.45, 2.75) is 32.4 Å². The topological polar surface area (TPSA) is 75.6 Å². The smallest absolute Gasteiger partial charge is 0.408 e. The van der Waals surface area contributed by atoms with Gasteiger partial charge >= 0.3 is 12.1 Å². The lowest BCUT2D eigenvalue weighted by atomic mass is 10.0. The number of aliphatic carboxylic acids is 1. The molecule has 0 radical (unpaired) electrons. The molecule has 0 aliphatic heterocycles. The maximum atomic E-state index is 12.3. The van der Waals surface area contributed by atoms with Gasteiger partial charge in [0, 0.05) is 0 Å². The Morgan fingerprint density at radius 2 is 1.44 bits per heavy atom. The zero-order chi connectivity index (χ0) is 18.2. The van der Waals surface area contributed by atoms with E-state index < -0.39 is 24.2 Å². The Kier molecular flexibility index (Phi) is 6.57. The molecule has 0 aliphatic rings. The highest BCUT2D eigenvalue weighted by Crippen LogP contribution is 2.26. The lowest BCUT2D eigenvalue weighted by molar-refractivity contribution is -0.139. The quantitative estimate of drug-likeness (QED) is 0.798. The molecule has 0 heterocycles. The van der Waals surface area contributed by atoms with Gasteiger partial charge in [-0.15, -0.1) is 0 Å². The first-order valence-corrected chi connectivity index (χ1v) is 8.27. The van der Waals surface area contributed by atoms with Gasteiger partial charge in [-0.25, -0.2) is 9.59 Å². The van der Waals surface area contributed by atoms with Crippen LogP contribution in [0.15, 0.2) is 60.7 Å². The van der Waals surface area contributed by atoms with Crippen molar-refractivity contribution in [3.8, 4) is 0 Å². The van der Waals surface area contributed by atoms with Gasteiger partial charge in [-0.1, -0.05) is 74.5 Å². The largest absolute Gasteiger partial charge is 0.480 e. The first kappa shape index (κ1) is 18.5. The van der Waals surface area contributed by atoms with Gasteiger partial charge in [-0.2, -0.15) is 0 Å². The van der Waals surface area contributed by atoms with Crippen molar-refractivity contribution in [2.75, 3.05) is 0 Å². The molecule has 2 aromatic carbocycles. The van der Waals surface area contributed by atoms with Crippen molar-refractivity contribution in [2.24, 2.45) is 5.92 Å². The summed E-state index contributed by atoms with van der Waals surface area (Å²) >= 11 is 0. The Morgan fingerprint density at radius 3 is 1.84 bits per heavy atom. The fourth-order valence-corrected chi connectivity index (χ4v) is 2.56. The van der Waals surface area contributed by atoms with E-state index in [9.17, 15) is 14.7 Å². The third-order valence-electron chi connectivity index (χ3n) is 3.73. The molecule has 2 N–H and O–H groups in total. The number of ether oxygens (including phenoxy) is 1. The summed E-state index contributed by atoms with van der Waals surface area (Å²) in [7, 11) is 0. The number of carbonyl (C=O) groups excluding carboxylic acids is 1. The maximum absolute atomic E-state index is 12.3. The summed E-state index contributed by atoms with van der Waals surface area (Å²) in [4.78, 5) is 23.6. The number of alkyl carbamates (subject to hydrolysis) is 1. The van der Waals surface area contributed by atoms with Crippen molar-refractivity contribution in [1.82, 2.24) is 5.32 Å². The number of hydrogen-bond donors (Lipinski definition) is 2. The van der Waals surface area contributed by atoms with Crippen LogP contribution in [0.25, 0.3) is 0 Å². The van der Waals surface area contributed by atoms with Crippen LogP contribution in [-0.4, -0.2) is 23.2 Å². The molecule has 1 amide bonds. The molecule has 132 valence electrons. The summed E-state index contributed by atoms with van der Waals surface area (Å²) in [6.07, 6.45) is -1.01. The first-order chi connectivity index (χ1) is 12.0. The highest BCUT2D eigenvalue weighted by molar-refractivity contribution is 5.80. The van der Waals surface area contributed by atoms with Crippen LogP contribution < -0.4 is 5.32 Å². The zero-order valence-corrected chi connectivity index (χ0v) is 14.4. The minimum atomic E-state index is -1.07. The molecule has 0 spiro atoms. The fraction of sp³-hybridized carbons (Fsp3) is 0.300. The molecule has 2 aromatic rings.